The Labute approximate surface area is 107 Å². The van der Waals surface area contributed by atoms with Gasteiger partial charge < -0.3 is 21.1 Å². The Morgan fingerprint density at radius 3 is 2.28 bits per heavy atom. The van der Waals surface area contributed by atoms with Gasteiger partial charge in [0.05, 0.1) is 0 Å². The van der Waals surface area contributed by atoms with Gasteiger partial charge in [0, 0.05) is 19.3 Å². The van der Waals surface area contributed by atoms with E-state index in [0.29, 0.717) is 19.4 Å². The third-order valence-electron chi connectivity index (χ3n) is 2.12. The normalized spacial score (nSPS) is 11.0. The molecule has 6 nitrogen and oxygen atoms in total. The van der Waals surface area contributed by atoms with E-state index in [1.54, 1.807) is 0 Å². The van der Waals surface area contributed by atoms with Crippen LogP contribution in [0.3, 0.4) is 0 Å². The maximum Gasteiger partial charge on any atom is 0.326 e. The van der Waals surface area contributed by atoms with Crippen LogP contribution >= 0.6 is 0 Å². The molecule has 18 heavy (non-hydrogen) atoms. The van der Waals surface area contributed by atoms with Crippen molar-refractivity contribution in [2.75, 3.05) is 6.54 Å². The van der Waals surface area contributed by atoms with Gasteiger partial charge in [-0.25, -0.2) is 4.79 Å². The molecular weight excluding hydrogens is 234 g/mol. The van der Waals surface area contributed by atoms with Crippen molar-refractivity contribution in [2.24, 2.45) is 5.73 Å². The van der Waals surface area contributed by atoms with Crippen LogP contribution in [0.2, 0.25) is 0 Å². The third kappa shape index (κ3) is 9.41. The third-order valence-corrected chi connectivity index (χ3v) is 2.12. The minimum absolute atomic E-state index is 0.319. The number of aromatic nitrogens is 1. The highest BCUT2D eigenvalue weighted by Gasteiger charge is 2.16. The van der Waals surface area contributed by atoms with E-state index in [1.807, 2.05) is 24.5 Å². The molecule has 0 fully saturated rings. The zero-order valence-electron chi connectivity index (χ0n) is 10.6. The van der Waals surface area contributed by atoms with E-state index in [1.165, 1.54) is 6.92 Å². The number of nitrogens with two attached hydrogens (primary N) is 1. The summed E-state index contributed by atoms with van der Waals surface area (Å²) in [5.41, 5.74) is 5.26. The zero-order valence-corrected chi connectivity index (χ0v) is 10.6. The Morgan fingerprint density at radius 2 is 1.94 bits per heavy atom. The summed E-state index contributed by atoms with van der Waals surface area (Å²) in [5.74, 6) is -1.31. The lowest BCUT2D eigenvalue weighted by molar-refractivity contribution is -0.141. The van der Waals surface area contributed by atoms with E-state index in [0.717, 1.165) is 6.42 Å². The number of hydrogen-bond acceptors (Lipinski definition) is 3. The first-order valence-electron chi connectivity index (χ1n) is 5.85. The minimum atomic E-state index is -0.993. The summed E-state index contributed by atoms with van der Waals surface area (Å²) in [5, 5.41) is 11.0. The lowest BCUT2D eigenvalue weighted by Gasteiger charge is -2.12. The van der Waals surface area contributed by atoms with Crippen LogP contribution in [0.5, 0.6) is 0 Å². The first-order valence-corrected chi connectivity index (χ1v) is 5.85. The van der Waals surface area contributed by atoms with Crippen LogP contribution in [-0.4, -0.2) is 34.6 Å². The van der Waals surface area contributed by atoms with Crippen molar-refractivity contribution < 1.29 is 14.7 Å². The number of carboxylic acid groups (broad SMARTS) is 1. The number of rotatable bonds is 6. The van der Waals surface area contributed by atoms with Gasteiger partial charge >= 0.3 is 5.97 Å². The molecule has 0 radical (unpaired) electrons. The number of carbonyl (C=O) groups is 2. The molecule has 0 aromatic carbocycles. The number of H-pyrrole nitrogens is 1. The molecule has 1 amide bonds. The number of carbonyl (C=O) groups excluding carboxylic acids is 1. The number of hydrogen-bond donors (Lipinski definition) is 4. The van der Waals surface area contributed by atoms with Crippen LogP contribution in [0.25, 0.3) is 0 Å². The molecule has 0 bridgehead atoms. The second-order valence-corrected chi connectivity index (χ2v) is 3.76. The Kier molecular flexibility index (Phi) is 9.30. The van der Waals surface area contributed by atoms with Crippen molar-refractivity contribution in [3.8, 4) is 0 Å². The molecule has 0 aliphatic heterocycles. The SMILES string of the molecule is CC(=O)N[C@@H](CCCCN)C(=O)O.c1cc[nH]c1. The lowest BCUT2D eigenvalue weighted by Crippen LogP contribution is -2.39. The van der Waals surface area contributed by atoms with Gasteiger partial charge in [-0.2, -0.15) is 0 Å². The first kappa shape index (κ1) is 16.2. The molecule has 0 saturated heterocycles. The van der Waals surface area contributed by atoms with E-state index in [9.17, 15) is 9.59 Å². The van der Waals surface area contributed by atoms with Gasteiger partial charge in [0.1, 0.15) is 6.04 Å². The van der Waals surface area contributed by atoms with E-state index in [-0.39, 0.29) is 5.91 Å². The molecule has 0 aliphatic rings. The number of amides is 1. The molecule has 0 aliphatic carbocycles. The summed E-state index contributed by atoms with van der Waals surface area (Å²) in [6, 6.07) is 3.11. The smallest absolute Gasteiger partial charge is 0.326 e. The average Bonchev–Trinajstić information content (AvgIpc) is 2.86. The predicted octanol–water partition coefficient (Wildman–Crippen LogP) is 0.719. The quantitative estimate of drug-likeness (QED) is 0.561. The van der Waals surface area contributed by atoms with Crippen molar-refractivity contribution in [1.29, 1.82) is 0 Å². The largest absolute Gasteiger partial charge is 0.480 e. The van der Waals surface area contributed by atoms with Crippen molar-refractivity contribution in [2.45, 2.75) is 32.2 Å². The molecule has 1 aromatic heterocycles. The fraction of sp³-hybridized carbons (Fsp3) is 0.500. The van der Waals surface area contributed by atoms with E-state index >= 15 is 0 Å². The van der Waals surface area contributed by atoms with Gasteiger partial charge in [-0.05, 0) is 37.9 Å². The van der Waals surface area contributed by atoms with Crippen molar-refractivity contribution >= 4 is 11.9 Å². The topological polar surface area (TPSA) is 108 Å². The Bertz CT molecular complexity index is 308. The molecule has 6 heteroatoms. The summed E-state index contributed by atoms with van der Waals surface area (Å²) in [4.78, 5) is 24.0. The highest BCUT2D eigenvalue weighted by molar-refractivity contribution is 5.81. The van der Waals surface area contributed by atoms with Crippen LogP contribution in [0.15, 0.2) is 24.5 Å². The van der Waals surface area contributed by atoms with Gasteiger partial charge in [0.2, 0.25) is 5.91 Å². The first-order chi connectivity index (χ1) is 8.57. The Hall–Kier alpha value is -1.82. The second-order valence-electron chi connectivity index (χ2n) is 3.76. The number of unbranched alkanes of at least 4 members (excludes halogenated alkanes) is 1. The predicted molar refractivity (Wildman–Crippen MR) is 68.9 cm³/mol. The van der Waals surface area contributed by atoms with E-state index in [2.05, 4.69) is 10.3 Å². The van der Waals surface area contributed by atoms with Crippen molar-refractivity contribution in [3.63, 3.8) is 0 Å². The number of aliphatic carboxylic acids is 1. The van der Waals surface area contributed by atoms with Crippen LogP contribution in [0.4, 0.5) is 0 Å². The van der Waals surface area contributed by atoms with Gasteiger partial charge in [-0.3, -0.25) is 4.79 Å². The molecule has 1 rings (SSSR count). The van der Waals surface area contributed by atoms with Crippen molar-refractivity contribution in [1.82, 2.24) is 10.3 Å². The van der Waals surface area contributed by atoms with Crippen LogP contribution in [-0.2, 0) is 9.59 Å². The highest BCUT2D eigenvalue weighted by atomic mass is 16.4. The summed E-state index contributed by atoms with van der Waals surface area (Å²) in [6.07, 6.45) is 5.68. The van der Waals surface area contributed by atoms with Crippen molar-refractivity contribution in [3.05, 3.63) is 24.5 Å². The molecule has 5 N–H and O–H groups in total. The fourth-order valence-corrected chi connectivity index (χ4v) is 1.27. The van der Waals surface area contributed by atoms with Gasteiger partial charge in [0.15, 0.2) is 0 Å². The fourth-order valence-electron chi connectivity index (χ4n) is 1.27. The summed E-state index contributed by atoms with van der Waals surface area (Å²) in [7, 11) is 0. The maximum absolute atomic E-state index is 10.6. The van der Waals surface area contributed by atoms with E-state index < -0.39 is 12.0 Å². The molecule has 1 aromatic rings. The molecular formula is C12H21N3O3. The molecule has 1 atom stereocenters. The summed E-state index contributed by atoms with van der Waals surface area (Å²) >= 11 is 0. The number of nitrogens with one attached hydrogen (secondary N) is 2. The van der Waals surface area contributed by atoms with Crippen LogP contribution < -0.4 is 11.1 Å². The van der Waals surface area contributed by atoms with Gasteiger partial charge in [-0.15, -0.1) is 0 Å². The molecule has 0 unspecified atom stereocenters. The molecule has 102 valence electrons. The van der Waals surface area contributed by atoms with E-state index in [4.69, 9.17) is 10.8 Å². The average molecular weight is 255 g/mol. The van der Waals surface area contributed by atoms with Crippen LogP contribution in [0, 0.1) is 0 Å². The molecule has 0 spiro atoms. The summed E-state index contributed by atoms with van der Waals surface area (Å²) in [6.45, 7) is 1.85. The summed E-state index contributed by atoms with van der Waals surface area (Å²) < 4.78 is 0. The maximum atomic E-state index is 10.6. The lowest BCUT2D eigenvalue weighted by atomic mass is 10.1. The number of aromatic amines is 1. The number of carboxylic acids is 1. The minimum Gasteiger partial charge on any atom is -0.480 e. The second kappa shape index (κ2) is 10.3. The van der Waals surface area contributed by atoms with Gasteiger partial charge in [0.25, 0.3) is 0 Å². The van der Waals surface area contributed by atoms with Crippen LogP contribution in [0.1, 0.15) is 26.2 Å². The Balaban J connectivity index is 0.000000473. The zero-order chi connectivity index (χ0) is 13.8. The molecule has 1 heterocycles. The Morgan fingerprint density at radius 1 is 1.33 bits per heavy atom. The monoisotopic (exact) mass is 255 g/mol. The van der Waals surface area contributed by atoms with Gasteiger partial charge in [-0.1, -0.05) is 0 Å². The molecule has 0 saturated carbocycles. The highest BCUT2D eigenvalue weighted by Crippen LogP contribution is 2.00. The standard InChI is InChI=1S/C8H16N2O3.C4H5N/c1-6(11)10-7(8(12)13)4-2-3-5-9;1-2-4-5-3-1/h7H,2-5,9H2,1H3,(H,10,11)(H,12,13);1-5H/t7-;/m0./s1.